The maximum atomic E-state index is 13.7. The zero-order valence-corrected chi connectivity index (χ0v) is 35.9. The second-order valence-electron chi connectivity index (χ2n) is 16.3. The van der Waals surface area contributed by atoms with Crippen molar-refractivity contribution < 1.29 is 43.0 Å². The highest BCUT2D eigenvalue weighted by Crippen LogP contribution is 2.38. The van der Waals surface area contributed by atoms with E-state index in [1.54, 1.807) is 24.0 Å². The van der Waals surface area contributed by atoms with Gasteiger partial charge in [0, 0.05) is 24.2 Å². The van der Waals surface area contributed by atoms with Crippen LogP contribution >= 0.6 is 0 Å². The number of carbonyl (C=O) groups is 6. The highest BCUT2D eigenvalue weighted by Gasteiger charge is 2.48. The van der Waals surface area contributed by atoms with Crippen molar-refractivity contribution >= 4 is 46.8 Å². The van der Waals surface area contributed by atoms with Crippen LogP contribution in [0.3, 0.4) is 0 Å². The molecule has 4 aliphatic heterocycles. The Labute approximate surface area is 368 Å². The van der Waals surface area contributed by atoms with E-state index in [0.717, 1.165) is 40.8 Å². The lowest BCUT2D eigenvalue weighted by Gasteiger charge is -2.41. The predicted molar refractivity (Wildman–Crippen MR) is 237 cm³/mol. The van der Waals surface area contributed by atoms with Gasteiger partial charge in [-0.05, 0) is 80.8 Å². The Morgan fingerprint density at radius 1 is 0.667 bits per heavy atom. The van der Waals surface area contributed by atoms with Crippen molar-refractivity contribution in [2.75, 3.05) is 29.5 Å². The monoisotopic (exact) mass is 854 g/mol. The number of anilines is 2. The summed E-state index contributed by atoms with van der Waals surface area (Å²) in [6, 6.07) is 32.0. The van der Waals surface area contributed by atoms with Gasteiger partial charge < -0.3 is 24.0 Å². The number of fused-ring (bicyclic) bond motifs is 2. The van der Waals surface area contributed by atoms with Crippen LogP contribution in [0.25, 0.3) is 0 Å². The normalized spacial score (nSPS) is 23.2. The lowest BCUT2D eigenvalue weighted by atomic mass is 9.96. The predicted octanol–water partition coefficient (Wildman–Crippen LogP) is 7.00. The molecule has 2 saturated heterocycles. The van der Waals surface area contributed by atoms with E-state index in [0.29, 0.717) is 30.7 Å². The largest absolute Gasteiger partial charge is 0.489 e. The van der Waals surface area contributed by atoms with Crippen molar-refractivity contribution in [3.05, 3.63) is 144 Å². The van der Waals surface area contributed by atoms with Gasteiger partial charge in [-0.3, -0.25) is 29.4 Å². The number of amides is 3. The smallest absolute Gasteiger partial charge is 0.411 e. The molecule has 8 rings (SSSR count). The number of aryl methyl sites for hydroxylation is 2. The summed E-state index contributed by atoms with van der Waals surface area (Å²) in [5, 5.41) is 3.47. The lowest BCUT2D eigenvalue weighted by Crippen LogP contribution is -2.60. The van der Waals surface area contributed by atoms with E-state index in [1.165, 1.54) is 23.6 Å². The van der Waals surface area contributed by atoms with Gasteiger partial charge in [-0.1, -0.05) is 104 Å². The first-order valence-corrected chi connectivity index (χ1v) is 21.6. The minimum absolute atomic E-state index is 0.0356. The summed E-state index contributed by atoms with van der Waals surface area (Å²) in [7, 11) is 0. The molecule has 4 aliphatic rings. The minimum Gasteiger partial charge on any atom is -0.489 e. The summed E-state index contributed by atoms with van der Waals surface area (Å²) in [6.07, 6.45) is 1.70. The Hall–Kier alpha value is -6.60. The van der Waals surface area contributed by atoms with Crippen LogP contribution in [0.15, 0.2) is 122 Å². The standard InChI is InChI=1S/C26H28N2O6.C24H26N2O3/c1-3-33-25(31)22-15-23(19-10-5-4-6-11-19)34-26(32)28(22)21-14-13-18-9-7-8-12-20(18)27(24(21)30)16-17(2)29;1-16(27)15-26-22-11-7-6-8-18(22)12-13-20(24(26)28)25-21-14-23(29-17(21)2)19-9-4-3-5-10-19/h4-12,21-23H,3,13-16H2,1-2H3;3-11,20-21,23,25H,2,12-15H2,1H3/t21-,22?,23?;20-,21?,23?/m00/s1. The molecular formula is C50H54N4O9. The number of benzene rings is 4. The summed E-state index contributed by atoms with van der Waals surface area (Å²) in [5.74, 6) is -0.618. The van der Waals surface area contributed by atoms with Crippen LogP contribution in [0.2, 0.25) is 0 Å². The number of hydrogen-bond donors (Lipinski definition) is 1. The fourth-order valence-electron chi connectivity index (χ4n) is 8.87. The van der Waals surface area contributed by atoms with E-state index in [9.17, 15) is 28.8 Å². The van der Waals surface area contributed by atoms with Gasteiger partial charge in [0.15, 0.2) is 0 Å². The number of ketones is 2. The SMILES string of the molecule is C=C1OC(c2ccccc2)CC1N[C@H]1CCc2ccccc2N(CC(C)=O)C1=O.CCOC(=O)C1CC(c2ccccc2)OC(=O)N1[C@H]1CCc2ccccc2N(CC(C)=O)C1=O. The van der Waals surface area contributed by atoms with E-state index in [2.05, 4.69) is 11.9 Å². The molecule has 63 heavy (non-hydrogen) atoms. The number of Topliss-reactive ketones (excluding diaryl/α,β-unsaturated/α-hetero) is 2. The van der Waals surface area contributed by atoms with E-state index in [4.69, 9.17) is 14.2 Å². The molecule has 2 fully saturated rings. The summed E-state index contributed by atoms with van der Waals surface area (Å²) >= 11 is 0. The molecule has 13 nitrogen and oxygen atoms in total. The Kier molecular flexibility index (Phi) is 14.2. The molecule has 3 amide bonds. The van der Waals surface area contributed by atoms with Crippen LogP contribution in [0.5, 0.6) is 0 Å². The minimum atomic E-state index is -0.985. The molecule has 4 heterocycles. The van der Waals surface area contributed by atoms with E-state index in [-0.39, 0.29) is 61.8 Å². The average Bonchev–Trinajstić information content (AvgIpc) is 3.53. The second kappa shape index (κ2) is 20.1. The van der Waals surface area contributed by atoms with Gasteiger partial charge >= 0.3 is 12.1 Å². The summed E-state index contributed by atoms with van der Waals surface area (Å²) in [4.78, 5) is 81.5. The highest BCUT2D eigenvalue weighted by molar-refractivity contribution is 6.04. The summed E-state index contributed by atoms with van der Waals surface area (Å²) < 4.78 is 17.0. The second-order valence-corrected chi connectivity index (χ2v) is 16.3. The topological polar surface area (TPSA) is 152 Å². The lowest BCUT2D eigenvalue weighted by molar-refractivity contribution is -0.155. The Morgan fingerprint density at radius 2 is 1.17 bits per heavy atom. The van der Waals surface area contributed by atoms with Crippen LogP contribution in [0.4, 0.5) is 16.2 Å². The van der Waals surface area contributed by atoms with Gasteiger partial charge in [-0.15, -0.1) is 0 Å². The van der Waals surface area contributed by atoms with Crippen molar-refractivity contribution in [3.8, 4) is 0 Å². The molecule has 328 valence electrons. The molecule has 4 aromatic rings. The third-order valence-corrected chi connectivity index (χ3v) is 11.8. The van der Waals surface area contributed by atoms with Crippen LogP contribution < -0.4 is 15.1 Å². The van der Waals surface area contributed by atoms with Crippen LogP contribution in [0, 0.1) is 0 Å². The first-order chi connectivity index (χ1) is 30.4. The quantitative estimate of drug-likeness (QED) is 0.156. The Balaban J connectivity index is 0.000000191. The number of nitrogens with zero attached hydrogens (tertiary/aromatic N) is 3. The fraction of sp³-hybridized carbons (Fsp3) is 0.360. The van der Waals surface area contributed by atoms with Crippen molar-refractivity contribution in [2.24, 2.45) is 0 Å². The van der Waals surface area contributed by atoms with Crippen molar-refractivity contribution in [3.63, 3.8) is 0 Å². The molecule has 0 saturated carbocycles. The van der Waals surface area contributed by atoms with E-state index in [1.807, 2.05) is 97.1 Å². The number of cyclic esters (lactones) is 1. The van der Waals surface area contributed by atoms with Crippen LogP contribution in [-0.4, -0.2) is 84.2 Å². The zero-order valence-electron chi connectivity index (χ0n) is 35.9. The van der Waals surface area contributed by atoms with Crippen molar-refractivity contribution in [1.29, 1.82) is 0 Å². The molecule has 1 N–H and O–H groups in total. The van der Waals surface area contributed by atoms with Crippen LogP contribution in [-0.2, 0) is 51.0 Å². The van der Waals surface area contributed by atoms with Gasteiger partial charge in [0.2, 0.25) is 11.8 Å². The number of esters is 1. The summed E-state index contributed by atoms with van der Waals surface area (Å²) in [6.45, 7) is 8.81. The zero-order chi connectivity index (χ0) is 44.6. The summed E-state index contributed by atoms with van der Waals surface area (Å²) in [5.41, 5.74) is 5.35. The van der Waals surface area contributed by atoms with Gasteiger partial charge in [-0.25, -0.2) is 9.59 Å². The molecule has 4 unspecified atom stereocenters. The first-order valence-electron chi connectivity index (χ1n) is 21.6. The Bertz CT molecular complexity index is 2340. The van der Waals surface area contributed by atoms with Gasteiger partial charge in [0.25, 0.3) is 0 Å². The van der Waals surface area contributed by atoms with Crippen molar-refractivity contribution in [1.82, 2.24) is 10.2 Å². The molecule has 6 atom stereocenters. The molecule has 4 aromatic carbocycles. The van der Waals surface area contributed by atoms with Crippen LogP contribution in [0.1, 0.15) is 80.9 Å². The van der Waals surface area contributed by atoms with Gasteiger partial charge in [0.05, 0.1) is 31.8 Å². The van der Waals surface area contributed by atoms with Gasteiger partial charge in [0.1, 0.15) is 41.6 Å². The number of para-hydroxylation sites is 2. The maximum Gasteiger partial charge on any atom is 0.411 e. The number of hydrogen-bond acceptors (Lipinski definition) is 10. The fourth-order valence-corrected chi connectivity index (χ4v) is 8.87. The third kappa shape index (κ3) is 10.2. The number of rotatable bonds is 11. The van der Waals surface area contributed by atoms with E-state index < -0.39 is 36.2 Å². The van der Waals surface area contributed by atoms with E-state index >= 15 is 0 Å². The molecule has 13 heteroatoms. The molecule has 0 spiro atoms. The molecule has 0 aliphatic carbocycles. The molecular weight excluding hydrogens is 801 g/mol. The third-order valence-electron chi connectivity index (χ3n) is 11.8. The molecule has 0 aromatic heterocycles. The molecule has 0 radical (unpaired) electrons. The van der Waals surface area contributed by atoms with Gasteiger partial charge in [-0.2, -0.15) is 0 Å². The average molecular weight is 855 g/mol. The first kappa shape index (κ1) is 44.5. The Morgan fingerprint density at radius 3 is 1.73 bits per heavy atom. The molecule has 0 bridgehead atoms. The number of nitrogens with one attached hydrogen (secondary N) is 1. The highest BCUT2D eigenvalue weighted by atomic mass is 16.6. The number of ether oxygens (including phenoxy) is 3. The number of carbonyl (C=O) groups excluding carboxylic acids is 6. The van der Waals surface area contributed by atoms with Crippen molar-refractivity contribution in [2.45, 2.75) is 95.7 Å². The maximum absolute atomic E-state index is 13.7.